The van der Waals surface area contributed by atoms with E-state index < -0.39 is 0 Å². The number of fused-ring (bicyclic) bond motifs is 1. The molecule has 20 heavy (non-hydrogen) atoms. The van der Waals surface area contributed by atoms with E-state index in [4.69, 9.17) is 0 Å². The van der Waals surface area contributed by atoms with Gasteiger partial charge in [0.25, 0.3) is 0 Å². The smallest absolute Gasteiger partial charge is 0.226 e. The molecule has 0 saturated heterocycles. The van der Waals surface area contributed by atoms with E-state index in [9.17, 15) is 0 Å². The molecule has 0 bridgehead atoms. The van der Waals surface area contributed by atoms with Crippen molar-refractivity contribution in [2.45, 2.75) is 26.7 Å². The number of aromatic nitrogens is 6. The third-order valence-electron chi connectivity index (χ3n) is 3.06. The summed E-state index contributed by atoms with van der Waals surface area (Å²) in [7, 11) is 0. The molecule has 0 aliphatic heterocycles. The number of imidazole rings is 2. The van der Waals surface area contributed by atoms with E-state index in [1.54, 1.807) is 12.5 Å². The normalized spacial score (nSPS) is 11.1. The van der Waals surface area contributed by atoms with Gasteiger partial charge in [-0.1, -0.05) is 13.8 Å². The summed E-state index contributed by atoms with van der Waals surface area (Å²) in [5.74, 6) is 2.33. The number of anilines is 1. The Morgan fingerprint density at radius 1 is 1.25 bits per heavy atom. The van der Waals surface area contributed by atoms with Gasteiger partial charge < -0.3 is 10.3 Å². The first-order valence-electron chi connectivity index (χ1n) is 6.81. The van der Waals surface area contributed by atoms with Crippen molar-refractivity contribution in [1.29, 1.82) is 0 Å². The maximum absolute atomic E-state index is 4.59. The van der Waals surface area contributed by atoms with Crippen LogP contribution in [0.4, 0.5) is 5.95 Å². The highest BCUT2D eigenvalue weighted by Gasteiger charge is 2.13. The fraction of sp³-hybridized carbons (Fsp3) is 0.385. The van der Waals surface area contributed by atoms with Crippen LogP contribution in [0.3, 0.4) is 0 Å². The second-order valence-corrected chi connectivity index (χ2v) is 4.47. The molecule has 3 aromatic rings. The molecule has 0 aromatic carbocycles. The highest BCUT2D eigenvalue weighted by atomic mass is 15.2. The van der Waals surface area contributed by atoms with Gasteiger partial charge in [0.1, 0.15) is 11.3 Å². The van der Waals surface area contributed by atoms with Crippen LogP contribution >= 0.6 is 0 Å². The number of nitrogens with one attached hydrogen (secondary N) is 2. The van der Waals surface area contributed by atoms with E-state index in [-0.39, 0.29) is 0 Å². The second kappa shape index (κ2) is 5.28. The Balaban J connectivity index is 2.14. The predicted octanol–water partition coefficient (Wildman–Crippen LogP) is 1.92. The summed E-state index contributed by atoms with van der Waals surface area (Å²) in [5, 5.41) is 3.21. The van der Waals surface area contributed by atoms with Gasteiger partial charge in [-0.2, -0.15) is 9.97 Å². The highest BCUT2D eigenvalue weighted by Crippen LogP contribution is 2.19. The highest BCUT2D eigenvalue weighted by molar-refractivity contribution is 5.79. The summed E-state index contributed by atoms with van der Waals surface area (Å²) < 4.78 is 1.97. The molecule has 0 saturated carbocycles. The van der Waals surface area contributed by atoms with Crippen LogP contribution in [0.2, 0.25) is 0 Å². The van der Waals surface area contributed by atoms with Gasteiger partial charge in [0.15, 0.2) is 11.5 Å². The van der Waals surface area contributed by atoms with Crippen molar-refractivity contribution in [3.05, 3.63) is 24.5 Å². The molecule has 0 amide bonds. The van der Waals surface area contributed by atoms with Crippen molar-refractivity contribution >= 4 is 17.1 Å². The molecule has 3 aromatic heterocycles. The van der Waals surface area contributed by atoms with Crippen LogP contribution in [0.5, 0.6) is 0 Å². The third-order valence-corrected chi connectivity index (χ3v) is 3.06. The molecule has 0 radical (unpaired) electrons. The Bertz CT molecular complexity index is 712. The zero-order chi connectivity index (χ0) is 13.9. The quantitative estimate of drug-likeness (QED) is 0.740. The van der Waals surface area contributed by atoms with Gasteiger partial charge in [-0.25, -0.2) is 9.97 Å². The average Bonchev–Trinajstić information content (AvgIpc) is 3.12. The number of aromatic amines is 1. The summed E-state index contributed by atoms with van der Waals surface area (Å²) in [6, 6.07) is 0. The second-order valence-electron chi connectivity index (χ2n) is 4.47. The first kappa shape index (κ1) is 12.6. The Hall–Kier alpha value is -2.44. The number of hydrogen-bond donors (Lipinski definition) is 2. The summed E-state index contributed by atoms with van der Waals surface area (Å²) in [6.07, 6.45) is 7.18. The van der Waals surface area contributed by atoms with Crippen LogP contribution < -0.4 is 5.32 Å². The maximum Gasteiger partial charge on any atom is 0.226 e. The first-order valence-corrected chi connectivity index (χ1v) is 6.81. The van der Waals surface area contributed by atoms with Crippen LogP contribution in [-0.2, 0) is 6.42 Å². The zero-order valence-electron chi connectivity index (χ0n) is 11.6. The number of nitrogens with zero attached hydrogens (tertiary/aromatic N) is 5. The molecular formula is C13H17N7. The van der Waals surface area contributed by atoms with Crippen molar-refractivity contribution in [3.63, 3.8) is 0 Å². The Labute approximate surface area is 116 Å². The minimum absolute atomic E-state index is 0.595. The SMILES string of the molecule is CCCNc1nc(-n2ccnc2CC)c2[nH]cnc2n1. The fourth-order valence-electron chi connectivity index (χ4n) is 2.10. The predicted molar refractivity (Wildman–Crippen MR) is 77.0 cm³/mol. The zero-order valence-corrected chi connectivity index (χ0v) is 11.6. The standard InChI is InChI=1S/C13H17N7/c1-3-5-15-13-18-11-10(16-8-17-11)12(19-13)20-7-6-14-9(20)4-2/h6-8H,3-5H2,1-2H3,(H2,15,16,17,18,19). The molecule has 0 aliphatic rings. The van der Waals surface area contributed by atoms with E-state index in [2.05, 4.69) is 44.1 Å². The van der Waals surface area contributed by atoms with Crippen molar-refractivity contribution in [2.24, 2.45) is 0 Å². The van der Waals surface area contributed by atoms with E-state index in [0.717, 1.165) is 36.5 Å². The largest absolute Gasteiger partial charge is 0.354 e. The minimum atomic E-state index is 0.595. The molecule has 104 valence electrons. The number of hydrogen-bond acceptors (Lipinski definition) is 5. The van der Waals surface area contributed by atoms with Gasteiger partial charge in [0.05, 0.1) is 6.33 Å². The minimum Gasteiger partial charge on any atom is -0.354 e. The molecule has 7 heteroatoms. The van der Waals surface area contributed by atoms with E-state index in [0.29, 0.717) is 11.6 Å². The number of rotatable bonds is 5. The molecular weight excluding hydrogens is 254 g/mol. The van der Waals surface area contributed by atoms with E-state index in [1.165, 1.54) is 0 Å². The van der Waals surface area contributed by atoms with Crippen molar-refractivity contribution < 1.29 is 0 Å². The van der Waals surface area contributed by atoms with E-state index in [1.807, 2.05) is 10.8 Å². The van der Waals surface area contributed by atoms with Crippen LogP contribution in [0, 0.1) is 0 Å². The molecule has 3 rings (SSSR count). The molecule has 0 unspecified atom stereocenters. The van der Waals surface area contributed by atoms with Gasteiger partial charge in [-0.3, -0.25) is 4.57 Å². The lowest BCUT2D eigenvalue weighted by molar-refractivity contribution is 0.865. The van der Waals surface area contributed by atoms with Crippen LogP contribution in [0.15, 0.2) is 18.7 Å². The molecule has 3 heterocycles. The van der Waals surface area contributed by atoms with Crippen molar-refractivity contribution in [2.75, 3.05) is 11.9 Å². The molecule has 2 N–H and O–H groups in total. The molecule has 0 fully saturated rings. The van der Waals surface area contributed by atoms with Crippen LogP contribution in [-0.4, -0.2) is 36.0 Å². The van der Waals surface area contributed by atoms with Gasteiger partial charge in [-0.15, -0.1) is 0 Å². The van der Waals surface area contributed by atoms with Gasteiger partial charge >= 0.3 is 0 Å². The lowest BCUT2D eigenvalue weighted by Gasteiger charge is -2.09. The average molecular weight is 271 g/mol. The van der Waals surface area contributed by atoms with Crippen LogP contribution in [0.25, 0.3) is 17.0 Å². The van der Waals surface area contributed by atoms with Gasteiger partial charge in [-0.05, 0) is 6.42 Å². The van der Waals surface area contributed by atoms with Crippen molar-refractivity contribution in [3.8, 4) is 5.82 Å². The Morgan fingerprint density at radius 3 is 2.95 bits per heavy atom. The summed E-state index contributed by atoms with van der Waals surface area (Å²) in [6.45, 7) is 5.01. The lowest BCUT2D eigenvalue weighted by atomic mass is 10.4. The monoisotopic (exact) mass is 271 g/mol. The topological polar surface area (TPSA) is 84.3 Å². The van der Waals surface area contributed by atoms with Gasteiger partial charge in [0, 0.05) is 25.4 Å². The molecule has 0 atom stereocenters. The Morgan fingerprint density at radius 2 is 2.15 bits per heavy atom. The summed E-state index contributed by atoms with van der Waals surface area (Å²) in [4.78, 5) is 20.7. The molecule has 0 spiro atoms. The number of H-pyrrole nitrogens is 1. The van der Waals surface area contributed by atoms with E-state index >= 15 is 0 Å². The maximum atomic E-state index is 4.59. The van der Waals surface area contributed by atoms with Gasteiger partial charge in [0.2, 0.25) is 5.95 Å². The lowest BCUT2D eigenvalue weighted by Crippen LogP contribution is -2.09. The molecule has 0 aliphatic carbocycles. The molecule has 7 nitrogen and oxygen atoms in total. The third kappa shape index (κ3) is 2.11. The van der Waals surface area contributed by atoms with Crippen LogP contribution in [0.1, 0.15) is 26.1 Å². The summed E-state index contributed by atoms with van der Waals surface area (Å²) in [5.41, 5.74) is 1.48. The fourth-order valence-corrected chi connectivity index (χ4v) is 2.10. The first-order chi connectivity index (χ1) is 9.83. The summed E-state index contributed by atoms with van der Waals surface area (Å²) >= 11 is 0. The number of aryl methyl sites for hydroxylation is 1. The Kier molecular flexibility index (Phi) is 3.32. The van der Waals surface area contributed by atoms with Crippen molar-refractivity contribution in [1.82, 2.24) is 29.5 Å².